The Kier molecular flexibility index (Phi) is 6.47. The molecule has 0 radical (unpaired) electrons. The molecule has 2 heterocycles. The highest BCUT2D eigenvalue weighted by atomic mass is 32.1. The molecule has 0 unspecified atom stereocenters. The number of fused-ring (bicyclic) bond motifs is 2. The Morgan fingerprint density at radius 2 is 1.77 bits per heavy atom. The fourth-order valence-electron chi connectivity index (χ4n) is 5.91. The zero-order valence-electron chi connectivity index (χ0n) is 20.4. The maximum absolute atomic E-state index is 13.2. The Balaban J connectivity index is 1.37. The molecule has 3 aromatic rings. The smallest absolute Gasteiger partial charge is 0.265 e. The summed E-state index contributed by atoms with van der Waals surface area (Å²) in [5, 5.41) is 4.19. The van der Waals surface area contributed by atoms with Crippen LogP contribution in [0.25, 0.3) is 0 Å². The van der Waals surface area contributed by atoms with Crippen molar-refractivity contribution < 1.29 is 14.3 Å². The molecular weight excluding hydrogens is 458 g/mol. The van der Waals surface area contributed by atoms with Gasteiger partial charge in [-0.2, -0.15) is 0 Å². The number of ether oxygens (including phenoxy) is 1. The number of aromatic nitrogens is 1. The number of hydrogen-bond donors (Lipinski definition) is 1. The number of methoxy groups -OCH3 is 1. The Morgan fingerprint density at radius 3 is 2.43 bits per heavy atom. The predicted molar refractivity (Wildman–Crippen MR) is 137 cm³/mol. The predicted octanol–water partition coefficient (Wildman–Crippen LogP) is 4.36. The fourth-order valence-corrected chi connectivity index (χ4v) is 6.80. The third kappa shape index (κ3) is 4.28. The van der Waals surface area contributed by atoms with E-state index in [1.54, 1.807) is 7.11 Å². The standard InChI is InChI=1S/C28H31N3O3S/c1-18-25(35-19(2)29-18)27(33)31-15-13-28(14-16-31)22-12-8-7-11-21(22)24(26(28)34-3)30-23(32)17-20-9-5-4-6-10-20/h4-12,24,26H,13-17H2,1-3H3,(H,30,32)/t24-,26+/m1/s1. The Labute approximate surface area is 210 Å². The first-order valence-corrected chi connectivity index (χ1v) is 12.9. The molecule has 2 aromatic carbocycles. The lowest BCUT2D eigenvalue weighted by molar-refractivity contribution is -0.122. The number of nitrogens with zero attached hydrogens (tertiary/aromatic N) is 2. The average molecular weight is 490 g/mol. The van der Waals surface area contributed by atoms with Gasteiger partial charge in [0.05, 0.1) is 29.3 Å². The van der Waals surface area contributed by atoms with E-state index in [0.29, 0.717) is 19.5 Å². The van der Waals surface area contributed by atoms with E-state index in [1.807, 2.05) is 55.1 Å². The van der Waals surface area contributed by atoms with Gasteiger partial charge in [-0.25, -0.2) is 4.98 Å². The van der Waals surface area contributed by atoms with E-state index >= 15 is 0 Å². The van der Waals surface area contributed by atoms with Gasteiger partial charge in [0.25, 0.3) is 5.91 Å². The van der Waals surface area contributed by atoms with Gasteiger partial charge in [-0.15, -0.1) is 11.3 Å². The summed E-state index contributed by atoms with van der Waals surface area (Å²) in [5.41, 5.74) is 3.90. The van der Waals surface area contributed by atoms with Gasteiger partial charge in [0, 0.05) is 25.6 Å². The van der Waals surface area contributed by atoms with Crippen molar-refractivity contribution in [1.82, 2.24) is 15.2 Å². The van der Waals surface area contributed by atoms with E-state index in [0.717, 1.165) is 39.5 Å². The van der Waals surface area contributed by atoms with E-state index in [4.69, 9.17) is 4.74 Å². The van der Waals surface area contributed by atoms with Gasteiger partial charge in [0.2, 0.25) is 5.91 Å². The van der Waals surface area contributed by atoms with Crippen LogP contribution >= 0.6 is 11.3 Å². The summed E-state index contributed by atoms with van der Waals surface area (Å²) >= 11 is 1.47. The van der Waals surface area contributed by atoms with Crippen molar-refractivity contribution in [1.29, 1.82) is 0 Å². The third-order valence-corrected chi connectivity index (χ3v) is 8.56. The second-order valence-corrected chi connectivity index (χ2v) is 10.8. The number of aryl methyl sites for hydroxylation is 2. The van der Waals surface area contributed by atoms with Crippen LogP contribution in [0.5, 0.6) is 0 Å². The van der Waals surface area contributed by atoms with Crippen LogP contribution in [0.4, 0.5) is 0 Å². The zero-order valence-corrected chi connectivity index (χ0v) is 21.2. The molecule has 1 fully saturated rings. The summed E-state index contributed by atoms with van der Waals surface area (Å²) in [6.45, 7) is 5.13. The Hall–Kier alpha value is -3.03. The van der Waals surface area contributed by atoms with E-state index in [9.17, 15) is 9.59 Å². The normalized spacial score (nSPS) is 20.6. The van der Waals surface area contributed by atoms with Crippen LogP contribution in [-0.4, -0.2) is 48.0 Å². The van der Waals surface area contributed by atoms with E-state index in [-0.39, 0.29) is 29.4 Å². The van der Waals surface area contributed by atoms with Gasteiger partial charge in [0.1, 0.15) is 4.88 Å². The van der Waals surface area contributed by atoms with Crippen LogP contribution in [0.1, 0.15) is 55.9 Å². The van der Waals surface area contributed by atoms with Crippen molar-refractivity contribution in [3.05, 3.63) is 86.9 Å². The largest absolute Gasteiger partial charge is 0.378 e. The van der Waals surface area contributed by atoms with E-state index in [2.05, 4.69) is 28.5 Å². The molecule has 35 heavy (non-hydrogen) atoms. The fraction of sp³-hybridized carbons (Fsp3) is 0.393. The van der Waals surface area contributed by atoms with Crippen molar-refractivity contribution in [3.63, 3.8) is 0 Å². The maximum Gasteiger partial charge on any atom is 0.265 e. The minimum absolute atomic E-state index is 0.0150. The van der Waals surface area contributed by atoms with Gasteiger partial charge < -0.3 is 15.0 Å². The van der Waals surface area contributed by atoms with Crippen LogP contribution < -0.4 is 5.32 Å². The van der Waals surface area contributed by atoms with Crippen molar-refractivity contribution in [2.75, 3.05) is 20.2 Å². The number of carbonyl (C=O) groups excluding carboxylic acids is 2. The molecule has 1 aromatic heterocycles. The summed E-state index contributed by atoms with van der Waals surface area (Å²) in [6, 6.07) is 17.9. The molecule has 2 amide bonds. The number of likely N-dealkylation sites (tertiary alicyclic amines) is 1. The molecule has 1 aliphatic heterocycles. The highest BCUT2D eigenvalue weighted by molar-refractivity contribution is 7.13. The van der Waals surface area contributed by atoms with Crippen LogP contribution in [0.15, 0.2) is 54.6 Å². The monoisotopic (exact) mass is 489 g/mol. The van der Waals surface area contributed by atoms with E-state index < -0.39 is 0 Å². The second kappa shape index (κ2) is 9.55. The molecule has 0 bridgehead atoms. The highest BCUT2D eigenvalue weighted by Crippen LogP contribution is 2.52. The van der Waals surface area contributed by atoms with Crippen molar-refractivity contribution >= 4 is 23.2 Å². The molecule has 5 rings (SSSR count). The van der Waals surface area contributed by atoms with Gasteiger partial charge in [-0.05, 0) is 43.4 Å². The lowest BCUT2D eigenvalue weighted by atomic mass is 9.72. The molecular formula is C28H31N3O3S. The molecule has 1 saturated heterocycles. The molecule has 6 nitrogen and oxygen atoms in total. The summed E-state index contributed by atoms with van der Waals surface area (Å²) in [5.74, 6) is 0.0506. The minimum atomic E-state index is -0.245. The number of carbonyl (C=O) groups is 2. The second-order valence-electron chi connectivity index (χ2n) is 9.55. The quantitative estimate of drug-likeness (QED) is 0.578. The molecule has 2 aliphatic rings. The van der Waals surface area contributed by atoms with Gasteiger partial charge in [-0.1, -0.05) is 54.6 Å². The van der Waals surface area contributed by atoms with Gasteiger partial charge in [-0.3, -0.25) is 9.59 Å². The highest BCUT2D eigenvalue weighted by Gasteiger charge is 2.54. The number of benzene rings is 2. The first-order chi connectivity index (χ1) is 16.9. The Bertz CT molecular complexity index is 1230. The van der Waals surface area contributed by atoms with Crippen molar-refractivity contribution in [2.24, 2.45) is 0 Å². The SMILES string of the molecule is CO[C@H]1[C@H](NC(=O)Cc2ccccc2)c2ccccc2C12CCN(C(=O)c1sc(C)nc1C)CC2. The number of thiazole rings is 1. The summed E-state index contributed by atoms with van der Waals surface area (Å²) in [4.78, 5) is 33.4. The number of nitrogens with one attached hydrogen (secondary N) is 1. The number of rotatable bonds is 5. The van der Waals surface area contributed by atoms with Gasteiger partial charge >= 0.3 is 0 Å². The third-order valence-electron chi connectivity index (χ3n) is 7.50. The van der Waals surface area contributed by atoms with Crippen LogP contribution in [0.3, 0.4) is 0 Å². The molecule has 1 N–H and O–H groups in total. The molecule has 0 saturated carbocycles. The minimum Gasteiger partial charge on any atom is -0.378 e. The molecule has 7 heteroatoms. The Morgan fingerprint density at radius 1 is 1.09 bits per heavy atom. The molecule has 2 atom stereocenters. The van der Waals surface area contributed by atoms with Crippen LogP contribution in [0, 0.1) is 13.8 Å². The lowest BCUT2D eigenvalue weighted by Gasteiger charge is -2.44. The number of amides is 2. The van der Waals surface area contributed by atoms with E-state index in [1.165, 1.54) is 16.9 Å². The topological polar surface area (TPSA) is 71.5 Å². The first-order valence-electron chi connectivity index (χ1n) is 12.1. The molecule has 1 spiro atoms. The van der Waals surface area contributed by atoms with Crippen molar-refractivity contribution in [2.45, 2.75) is 50.7 Å². The summed E-state index contributed by atoms with van der Waals surface area (Å²) in [6.07, 6.45) is 1.72. The number of piperidine rings is 1. The molecule has 182 valence electrons. The van der Waals surface area contributed by atoms with Crippen LogP contribution in [-0.2, 0) is 21.4 Å². The van der Waals surface area contributed by atoms with Crippen LogP contribution in [0.2, 0.25) is 0 Å². The lowest BCUT2D eigenvalue weighted by Crippen LogP contribution is -2.51. The average Bonchev–Trinajstić information content (AvgIpc) is 3.33. The molecule has 1 aliphatic carbocycles. The maximum atomic E-state index is 13.2. The summed E-state index contributed by atoms with van der Waals surface area (Å²) < 4.78 is 6.13. The number of hydrogen-bond acceptors (Lipinski definition) is 5. The zero-order chi connectivity index (χ0) is 24.6. The van der Waals surface area contributed by atoms with Crippen molar-refractivity contribution in [3.8, 4) is 0 Å². The first kappa shape index (κ1) is 23.7. The summed E-state index contributed by atoms with van der Waals surface area (Å²) in [7, 11) is 1.73. The van der Waals surface area contributed by atoms with Gasteiger partial charge in [0.15, 0.2) is 0 Å².